The third-order valence-electron chi connectivity index (χ3n) is 16.4. The molecule has 0 aromatic carbocycles. The zero-order valence-corrected chi connectivity index (χ0v) is 49.1. The van der Waals surface area contributed by atoms with E-state index in [4.69, 9.17) is 56.8 Å². The van der Waals surface area contributed by atoms with Gasteiger partial charge in [-0.05, 0) is 74.3 Å². The van der Waals surface area contributed by atoms with Gasteiger partial charge in [-0.15, -0.1) is 0 Å². The van der Waals surface area contributed by atoms with Gasteiger partial charge in [0.05, 0.1) is 73.2 Å². The number of allylic oxidation sites excluding steroid dienone is 7. The number of aliphatic hydroxyl groups excluding tert-OH is 6. The molecule has 0 spiro atoms. The van der Waals surface area contributed by atoms with Crippen molar-refractivity contribution in [2.24, 2.45) is 17.8 Å². The van der Waals surface area contributed by atoms with Crippen molar-refractivity contribution >= 4 is 5.97 Å². The van der Waals surface area contributed by atoms with E-state index in [0.717, 1.165) is 11.1 Å². The van der Waals surface area contributed by atoms with Crippen LogP contribution in [-0.4, -0.2) is 216 Å². The summed E-state index contributed by atoms with van der Waals surface area (Å²) in [6, 6.07) is 0. The van der Waals surface area contributed by atoms with Crippen LogP contribution in [0, 0.1) is 17.8 Å². The Labute approximate surface area is 467 Å². The van der Waals surface area contributed by atoms with Gasteiger partial charge in [-0.3, -0.25) is 0 Å². The Bertz CT molecular complexity index is 2080. The van der Waals surface area contributed by atoms with Crippen molar-refractivity contribution in [2.45, 2.75) is 249 Å². The third kappa shape index (κ3) is 17.3. The summed E-state index contributed by atoms with van der Waals surface area (Å²) in [5.74, 6) is -5.45. The van der Waals surface area contributed by atoms with Gasteiger partial charge >= 0.3 is 5.97 Å². The molecular formula is C58H96O21. The molecule has 21 nitrogen and oxygen atoms in total. The van der Waals surface area contributed by atoms with Gasteiger partial charge in [-0.25, -0.2) is 4.79 Å². The molecular weight excluding hydrogens is 1030 g/mol. The van der Waals surface area contributed by atoms with Crippen molar-refractivity contribution in [3.05, 3.63) is 58.7 Å². The Balaban J connectivity index is 1.37. The zero-order chi connectivity index (χ0) is 58.8. The molecule has 5 aliphatic heterocycles. The van der Waals surface area contributed by atoms with E-state index >= 15 is 0 Å². The summed E-state index contributed by atoms with van der Waals surface area (Å²) in [5, 5.41) is 92.6. The SMILES string of the molecule is COC[C@@H](CC1O[C@@](O)([C@H](O)C2C[C@H](OC)[C@@H](O)CC/C=C(C)/C=C/[C@@H](O[C@@H]3O[C@@H](C)[C@@H](OC)[C@H](O)[C@@H]3O)[C@H](C)/C=C(C)/C=C(C)/C=C(\C)C(=O)O2)[C@H](C)[C@@H](O)[C@H]1C)O[C@H]1C[C@](C)(O)[C@@H](O[C@H]2C[C@@H](OC)[C@H](O)[C@@H](C)O2)[C@H](C)O1. The molecule has 0 aromatic heterocycles. The Morgan fingerprint density at radius 3 is 2.05 bits per heavy atom. The summed E-state index contributed by atoms with van der Waals surface area (Å²) in [5.41, 5.74) is 0.977. The Kier molecular flexibility index (Phi) is 25.3. The van der Waals surface area contributed by atoms with Crippen LogP contribution in [0.25, 0.3) is 0 Å². The highest BCUT2D eigenvalue weighted by molar-refractivity contribution is 5.88. The first kappa shape index (κ1) is 67.2. The topological polar surface area (TPSA) is 290 Å². The Morgan fingerprint density at radius 1 is 0.747 bits per heavy atom. The lowest BCUT2D eigenvalue weighted by Crippen LogP contribution is -2.66. The minimum absolute atomic E-state index is 0.00743. The fourth-order valence-corrected chi connectivity index (χ4v) is 11.6. The molecule has 21 heteroatoms. The number of carbonyl (C=O) groups excluding carboxylic acids is 1. The number of cyclic esters (lactones) is 1. The largest absolute Gasteiger partial charge is 0.456 e. The van der Waals surface area contributed by atoms with Crippen molar-refractivity contribution in [1.82, 2.24) is 0 Å². The maximum absolute atomic E-state index is 14.1. The van der Waals surface area contributed by atoms with Crippen molar-refractivity contribution in [2.75, 3.05) is 35.0 Å². The van der Waals surface area contributed by atoms with Crippen LogP contribution in [0.1, 0.15) is 115 Å². The average molecular weight is 1130 g/mol. The highest BCUT2D eigenvalue weighted by atomic mass is 16.7. The fourth-order valence-electron chi connectivity index (χ4n) is 11.6. The van der Waals surface area contributed by atoms with E-state index < -0.39 is 152 Å². The Hall–Kier alpha value is -2.59. The molecule has 8 N–H and O–H groups in total. The van der Waals surface area contributed by atoms with Gasteiger partial charge in [0.2, 0.25) is 5.79 Å². The molecule has 0 aromatic rings. The first-order chi connectivity index (χ1) is 37.1. The van der Waals surface area contributed by atoms with Crippen LogP contribution in [0.5, 0.6) is 0 Å². The lowest BCUT2D eigenvalue weighted by molar-refractivity contribution is -0.366. The van der Waals surface area contributed by atoms with Crippen LogP contribution in [0.15, 0.2) is 58.7 Å². The number of ether oxygens (including phenoxy) is 12. The van der Waals surface area contributed by atoms with Crippen LogP contribution < -0.4 is 0 Å². The molecule has 5 rings (SSSR count). The molecule has 0 radical (unpaired) electrons. The first-order valence-corrected chi connectivity index (χ1v) is 27.9. The monoisotopic (exact) mass is 1130 g/mol. The van der Waals surface area contributed by atoms with E-state index in [-0.39, 0.29) is 50.2 Å². The number of esters is 1. The molecule has 0 amide bonds. The normalized spacial score (nSPS) is 46.7. The summed E-state index contributed by atoms with van der Waals surface area (Å²) in [6.07, 6.45) is -8.27. The second-order valence-corrected chi connectivity index (χ2v) is 23.0. The van der Waals surface area contributed by atoms with Crippen molar-refractivity contribution < 1.29 is 102 Å². The van der Waals surface area contributed by atoms with Crippen LogP contribution in [0.4, 0.5) is 0 Å². The smallest absolute Gasteiger partial charge is 0.334 e. The van der Waals surface area contributed by atoms with E-state index in [2.05, 4.69) is 0 Å². The first-order valence-electron chi connectivity index (χ1n) is 27.9. The number of hydrogen-bond donors (Lipinski definition) is 8. The van der Waals surface area contributed by atoms with Gasteiger partial charge < -0.3 is 97.7 Å². The molecule has 4 fully saturated rings. The van der Waals surface area contributed by atoms with Gasteiger partial charge in [0.1, 0.15) is 42.7 Å². The molecule has 79 heavy (non-hydrogen) atoms. The third-order valence-corrected chi connectivity index (χ3v) is 16.4. The van der Waals surface area contributed by atoms with Gasteiger partial charge in [-0.2, -0.15) is 0 Å². The minimum atomic E-state index is -2.54. The van der Waals surface area contributed by atoms with Gasteiger partial charge in [-0.1, -0.05) is 67.9 Å². The van der Waals surface area contributed by atoms with Crippen LogP contribution in [-0.2, 0) is 61.6 Å². The van der Waals surface area contributed by atoms with Gasteiger partial charge in [0, 0.05) is 77.4 Å². The second-order valence-electron chi connectivity index (χ2n) is 23.0. The van der Waals surface area contributed by atoms with Crippen molar-refractivity contribution in [1.29, 1.82) is 0 Å². The summed E-state index contributed by atoms with van der Waals surface area (Å²) in [6.45, 7) is 19.1. The number of methoxy groups -OCH3 is 4. The predicted molar refractivity (Wildman–Crippen MR) is 288 cm³/mol. The predicted octanol–water partition coefficient (Wildman–Crippen LogP) is 3.59. The zero-order valence-electron chi connectivity index (χ0n) is 49.1. The van der Waals surface area contributed by atoms with E-state index in [1.807, 2.05) is 51.2 Å². The van der Waals surface area contributed by atoms with Crippen molar-refractivity contribution in [3.8, 4) is 0 Å². The second kappa shape index (κ2) is 29.8. The van der Waals surface area contributed by atoms with Gasteiger partial charge in [0.15, 0.2) is 18.9 Å². The van der Waals surface area contributed by atoms with Crippen LogP contribution >= 0.6 is 0 Å². The standard InChI is InChI=1S/C58H96O21/c1-29-17-16-18-40(59)43(69-13)25-45(76-55(65)33(5)23-31(3)21-30(2)22-32(4)41(20-19-29)77-56-51(63)50(62)52(71-15)37(9)74-56)53(64)58(67)35(7)48(60)34(6)42(79-58)24-39(28-68-12)75-47-27-57(11,66)54(38(10)73-47)78-46-26-44(70-14)49(61)36(8)72-46/h17,19-23,32,34-54,56,59-64,66-67H,16,18,24-28H2,1-15H3/b20-19+,29-17+,30-22+,31-21+,33-23+/t32-,34+,35-,36-,37+,38+,39-,40+,41-,42?,43+,44-,45?,46+,47+,48+,49-,50-,51+,52-,53-,54+,56+,57+,58-/m1/s1. The minimum Gasteiger partial charge on any atom is -0.456 e. The van der Waals surface area contributed by atoms with Crippen molar-refractivity contribution in [3.63, 3.8) is 0 Å². The highest BCUT2D eigenvalue weighted by Gasteiger charge is 2.57. The van der Waals surface area contributed by atoms with E-state index in [1.54, 1.807) is 54.5 Å². The molecule has 5 aliphatic rings. The molecule has 4 saturated heterocycles. The maximum atomic E-state index is 14.1. The number of hydrogen-bond acceptors (Lipinski definition) is 21. The fraction of sp³-hybridized carbons (Fsp3) is 0.810. The summed E-state index contributed by atoms with van der Waals surface area (Å²) < 4.78 is 72.0. The number of aliphatic hydroxyl groups is 8. The van der Waals surface area contributed by atoms with E-state index in [9.17, 15) is 45.6 Å². The Morgan fingerprint density at radius 2 is 1.42 bits per heavy atom. The van der Waals surface area contributed by atoms with Gasteiger partial charge in [0.25, 0.3) is 0 Å². The molecule has 25 atom stereocenters. The molecule has 2 unspecified atom stereocenters. The van der Waals surface area contributed by atoms with E-state index in [1.165, 1.54) is 35.4 Å². The summed E-state index contributed by atoms with van der Waals surface area (Å²) >= 11 is 0. The molecule has 0 bridgehead atoms. The lowest BCUT2D eigenvalue weighted by Gasteiger charge is -2.51. The molecule has 454 valence electrons. The molecule has 5 heterocycles. The van der Waals surface area contributed by atoms with Crippen LogP contribution in [0.2, 0.25) is 0 Å². The quantitative estimate of drug-likeness (QED) is 0.109. The number of carbonyl (C=O) groups is 1. The van der Waals surface area contributed by atoms with E-state index in [0.29, 0.717) is 12.0 Å². The molecule has 0 aliphatic carbocycles. The number of rotatable bonds is 15. The summed E-state index contributed by atoms with van der Waals surface area (Å²) in [7, 11) is 5.80. The maximum Gasteiger partial charge on any atom is 0.334 e. The average Bonchev–Trinajstić information content (AvgIpc) is 3.46. The van der Waals surface area contributed by atoms with Crippen LogP contribution in [0.3, 0.4) is 0 Å². The molecule has 0 saturated carbocycles. The highest BCUT2D eigenvalue weighted by Crippen LogP contribution is 2.43. The summed E-state index contributed by atoms with van der Waals surface area (Å²) in [4.78, 5) is 14.1. The lowest BCUT2D eigenvalue weighted by atomic mass is 9.76.